The second kappa shape index (κ2) is 5.10. The zero-order valence-corrected chi connectivity index (χ0v) is 11.4. The van der Waals surface area contributed by atoms with Crippen molar-refractivity contribution in [2.75, 3.05) is 18.1 Å². The van der Waals surface area contributed by atoms with Gasteiger partial charge in [-0.2, -0.15) is 11.8 Å². The minimum atomic E-state index is -0.00764. The van der Waals surface area contributed by atoms with Crippen LogP contribution in [0.3, 0.4) is 0 Å². The van der Waals surface area contributed by atoms with Crippen LogP contribution in [0.1, 0.15) is 44.9 Å². The number of aliphatic hydroxyl groups excluding tert-OH is 1. The fourth-order valence-corrected chi connectivity index (χ4v) is 4.74. The van der Waals surface area contributed by atoms with Crippen molar-refractivity contribution in [1.29, 1.82) is 0 Å². The number of hydrogen-bond acceptors (Lipinski definition) is 3. The lowest BCUT2D eigenvalue weighted by atomic mass is 9.82. The molecule has 17 heavy (non-hydrogen) atoms. The van der Waals surface area contributed by atoms with Crippen LogP contribution in [0.25, 0.3) is 0 Å². The van der Waals surface area contributed by atoms with Gasteiger partial charge in [0.25, 0.3) is 0 Å². The Morgan fingerprint density at radius 1 is 1.35 bits per heavy atom. The van der Waals surface area contributed by atoms with Gasteiger partial charge in [0.2, 0.25) is 0 Å². The summed E-state index contributed by atoms with van der Waals surface area (Å²) in [4.78, 5) is 0. The number of thioether (sulfide) groups is 1. The summed E-state index contributed by atoms with van der Waals surface area (Å²) >= 11 is 2.05. The minimum absolute atomic E-state index is 0.00764. The Morgan fingerprint density at radius 3 is 2.94 bits per heavy atom. The average molecular weight is 256 g/mol. The molecule has 1 N–H and O–H groups in total. The van der Waals surface area contributed by atoms with E-state index in [2.05, 4.69) is 0 Å². The molecule has 3 heteroatoms. The quantitative estimate of drug-likeness (QED) is 0.838. The zero-order valence-electron chi connectivity index (χ0n) is 10.6. The fraction of sp³-hybridized carbons (Fsp3) is 1.00. The molecule has 2 nitrogen and oxygen atoms in total. The van der Waals surface area contributed by atoms with Crippen LogP contribution in [-0.4, -0.2) is 34.9 Å². The van der Waals surface area contributed by atoms with Crippen LogP contribution in [0, 0.1) is 11.8 Å². The van der Waals surface area contributed by atoms with Gasteiger partial charge in [0.15, 0.2) is 0 Å². The van der Waals surface area contributed by atoms with Gasteiger partial charge in [0.05, 0.1) is 11.7 Å². The summed E-state index contributed by atoms with van der Waals surface area (Å²) < 4.78 is 6.04. The maximum absolute atomic E-state index is 9.94. The summed E-state index contributed by atoms with van der Waals surface area (Å²) in [5.74, 6) is 3.92. The molecule has 0 radical (unpaired) electrons. The van der Waals surface area contributed by atoms with E-state index in [0.717, 1.165) is 18.9 Å². The van der Waals surface area contributed by atoms with E-state index in [1.807, 2.05) is 11.8 Å². The van der Waals surface area contributed by atoms with Crippen LogP contribution in [0.4, 0.5) is 0 Å². The van der Waals surface area contributed by atoms with Crippen LogP contribution < -0.4 is 0 Å². The predicted octanol–water partition coefficient (Wildman–Crippen LogP) is 2.84. The Balaban J connectivity index is 1.46. The Kier molecular flexibility index (Phi) is 3.69. The number of aliphatic hydroxyl groups is 1. The van der Waals surface area contributed by atoms with E-state index in [4.69, 9.17) is 4.74 Å². The lowest BCUT2D eigenvalue weighted by Crippen LogP contribution is -2.40. The SMILES string of the molecule is OC(CCC1CCOC2(CCSC2)C1)C1CC1. The normalized spacial score (nSPS) is 39.7. The first-order chi connectivity index (χ1) is 8.27. The van der Waals surface area contributed by atoms with E-state index >= 15 is 0 Å². The van der Waals surface area contributed by atoms with E-state index < -0.39 is 0 Å². The van der Waals surface area contributed by atoms with Gasteiger partial charge in [-0.15, -0.1) is 0 Å². The molecule has 1 aliphatic carbocycles. The molecule has 3 atom stereocenters. The molecule has 0 amide bonds. The first-order valence-electron chi connectivity index (χ1n) is 7.17. The molecule has 0 aromatic carbocycles. The molecule has 2 heterocycles. The summed E-state index contributed by atoms with van der Waals surface area (Å²) in [6.45, 7) is 0.949. The molecule has 3 aliphatic rings. The predicted molar refractivity (Wildman–Crippen MR) is 71.3 cm³/mol. The van der Waals surface area contributed by atoms with Gasteiger partial charge >= 0.3 is 0 Å². The number of hydrogen-bond donors (Lipinski definition) is 1. The monoisotopic (exact) mass is 256 g/mol. The van der Waals surface area contributed by atoms with E-state index in [9.17, 15) is 5.11 Å². The summed E-state index contributed by atoms with van der Waals surface area (Å²) in [5.41, 5.74) is 0.220. The van der Waals surface area contributed by atoms with Crippen LogP contribution >= 0.6 is 11.8 Å². The third-order valence-corrected chi connectivity index (χ3v) is 5.92. The molecule has 1 saturated carbocycles. The van der Waals surface area contributed by atoms with Gasteiger partial charge < -0.3 is 9.84 Å². The third kappa shape index (κ3) is 2.99. The van der Waals surface area contributed by atoms with Crippen LogP contribution in [0.2, 0.25) is 0 Å². The largest absolute Gasteiger partial charge is 0.393 e. The van der Waals surface area contributed by atoms with Crippen molar-refractivity contribution in [3.63, 3.8) is 0 Å². The molecule has 0 aromatic heterocycles. The van der Waals surface area contributed by atoms with E-state index in [1.54, 1.807) is 0 Å². The highest BCUT2D eigenvalue weighted by Gasteiger charge is 2.40. The van der Waals surface area contributed by atoms with E-state index in [-0.39, 0.29) is 11.7 Å². The lowest BCUT2D eigenvalue weighted by molar-refractivity contribution is -0.0821. The van der Waals surface area contributed by atoms with Gasteiger partial charge in [-0.05, 0) is 62.5 Å². The standard InChI is InChI=1S/C14H24O2S/c15-13(12-2-3-12)4-1-11-5-7-16-14(9-11)6-8-17-10-14/h11-13,15H,1-10H2. The van der Waals surface area contributed by atoms with Crippen molar-refractivity contribution in [3.8, 4) is 0 Å². The van der Waals surface area contributed by atoms with Crippen molar-refractivity contribution in [2.24, 2.45) is 11.8 Å². The minimum Gasteiger partial charge on any atom is -0.393 e. The summed E-state index contributed by atoms with van der Waals surface area (Å²) in [7, 11) is 0. The maximum Gasteiger partial charge on any atom is 0.0783 e. The van der Waals surface area contributed by atoms with Crippen LogP contribution in [0.5, 0.6) is 0 Å². The second-order valence-electron chi connectivity index (χ2n) is 6.18. The second-order valence-corrected chi connectivity index (χ2v) is 7.28. The van der Waals surface area contributed by atoms with Crippen molar-refractivity contribution in [1.82, 2.24) is 0 Å². The van der Waals surface area contributed by atoms with Gasteiger partial charge in [-0.3, -0.25) is 0 Å². The maximum atomic E-state index is 9.94. The van der Waals surface area contributed by atoms with Crippen molar-refractivity contribution in [3.05, 3.63) is 0 Å². The Bertz CT molecular complexity index is 259. The van der Waals surface area contributed by atoms with Crippen molar-refractivity contribution in [2.45, 2.75) is 56.7 Å². The zero-order chi connectivity index (χ0) is 11.7. The molecule has 98 valence electrons. The van der Waals surface area contributed by atoms with Crippen LogP contribution in [0.15, 0.2) is 0 Å². The van der Waals surface area contributed by atoms with Gasteiger partial charge in [-0.25, -0.2) is 0 Å². The Labute approximate surface area is 108 Å². The van der Waals surface area contributed by atoms with Crippen molar-refractivity contribution < 1.29 is 9.84 Å². The molecule has 1 spiro atoms. The topological polar surface area (TPSA) is 29.5 Å². The molecule has 3 fully saturated rings. The summed E-state index contributed by atoms with van der Waals surface area (Å²) in [6.07, 6.45) is 8.46. The Morgan fingerprint density at radius 2 is 2.24 bits per heavy atom. The first-order valence-corrected chi connectivity index (χ1v) is 8.33. The molecule has 3 unspecified atom stereocenters. The highest BCUT2D eigenvalue weighted by Crippen LogP contribution is 2.42. The fourth-order valence-electron chi connectivity index (χ4n) is 3.36. The summed E-state index contributed by atoms with van der Waals surface area (Å²) in [5, 5.41) is 9.94. The number of rotatable bonds is 4. The number of ether oxygens (including phenoxy) is 1. The molecule has 0 aromatic rings. The lowest BCUT2D eigenvalue weighted by Gasteiger charge is -2.38. The van der Waals surface area contributed by atoms with Gasteiger partial charge in [-0.1, -0.05) is 0 Å². The molecule has 0 bridgehead atoms. The Hall–Kier alpha value is 0.270. The summed E-state index contributed by atoms with van der Waals surface area (Å²) in [6, 6.07) is 0. The van der Waals surface area contributed by atoms with Gasteiger partial charge in [0.1, 0.15) is 0 Å². The van der Waals surface area contributed by atoms with Crippen molar-refractivity contribution >= 4 is 11.8 Å². The highest BCUT2D eigenvalue weighted by atomic mass is 32.2. The van der Waals surface area contributed by atoms with E-state index in [0.29, 0.717) is 5.92 Å². The molecule has 2 saturated heterocycles. The van der Waals surface area contributed by atoms with Gasteiger partial charge in [0, 0.05) is 12.4 Å². The third-order valence-electron chi connectivity index (χ3n) is 4.70. The molecule has 3 rings (SSSR count). The smallest absolute Gasteiger partial charge is 0.0783 e. The first kappa shape index (κ1) is 12.3. The molecular weight excluding hydrogens is 232 g/mol. The highest BCUT2D eigenvalue weighted by molar-refractivity contribution is 7.99. The molecule has 2 aliphatic heterocycles. The van der Waals surface area contributed by atoms with E-state index in [1.165, 1.54) is 50.0 Å². The average Bonchev–Trinajstić information content (AvgIpc) is 3.10. The molecular formula is C14H24O2S. The van der Waals surface area contributed by atoms with Crippen LogP contribution in [-0.2, 0) is 4.74 Å².